The first kappa shape index (κ1) is 25.6. The molecule has 1 unspecified atom stereocenters. The maximum absolute atomic E-state index is 12.0. The maximum atomic E-state index is 12.0. The molecule has 9 nitrogen and oxygen atoms in total. The number of nitrogens with two attached hydrogens (primary N) is 1. The Morgan fingerprint density at radius 2 is 1.83 bits per heavy atom. The number of rotatable bonds is 8. The Bertz CT molecular complexity index is 1110. The Kier molecular flexibility index (Phi) is 7.59. The van der Waals surface area contributed by atoms with Gasteiger partial charge in [0.05, 0.1) is 6.20 Å². The van der Waals surface area contributed by atoms with Gasteiger partial charge in [0.2, 0.25) is 5.91 Å². The lowest BCUT2D eigenvalue weighted by atomic mass is 9.74. The molecule has 2 fully saturated rings. The van der Waals surface area contributed by atoms with Crippen molar-refractivity contribution in [3.8, 4) is 0 Å². The number of primary amides is 1. The van der Waals surface area contributed by atoms with E-state index in [-0.39, 0.29) is 35.0 Å². The van der Waals surface area contributed by atoms with Crippen molar-refractivity contribution in [3.05, 3.63) is 54.4 Å². The molecule has 2 heterocycles. The summed E-state index contributed by atoms with van der Waals surface area (Å²) in [6.07, 6.45) is 6.80. The molecule has 0 bridgehead atoms. The van der Waals surface area contributed by atoms with Crippen LogP contribution in [-0.4, -0.2) is 58.9 Å². The summed E-state index contributed by atoms with van der Waals surface area (Å²) < 4.78 is 0. The zero-order chi connectivity index (χ0) is 25.9. The topological polar surface area (TPSA) is 125 Å². The normalized spacial score (nSPS) is 23.6. The SMILES string of the molecule is C=CC(=O)NC1CC[C@@H](Nc2cnc(C(N)=O)c(Nc3ccc(C4(C)CCN(C)CC4)cc3)n2)[C@H]1C. The molecule has 9 heteroatoms. The van der Waals surface area contributed by atoms with E-state index in [0.29, 0.717) is 11.6 Å². The van der Waals surface area contributed by atoms with Crippen molar-refractivity contribution in [3.63, 3.8) is 0 Å². The summed E-state index contributed by atoms with van der Waals surface area (Å²) in [7, 11) is 2.17. The van der Waals surface area contributed by atoms with Crippen LogP contribution in [0.1, 0.15) is 55.6 Å². The van der Waals surface area contributed by atoms with E-state index in [1.165, 1.54) is 17.8 Å². The van der Waals surface area contributed by atoms with E-state index in [1.807, 2.05) is 12.1 Å². The lowest BCUT2D eigenvalue weighted by molar-refractivity contribution is -0.117. The monoisotopic (exact) mass is 491 g/mol. The number of nitrogens with zero attached hydrogens (tertiary/aromatic N) is 3. The van der Waals surface area contributed by atoms with Gasteiger partial charge < -0.3 is 26.6 Å². The molecule has 0 radical (unpaired) electrons. The molecule has 4 rings (SSSR count). The van der Waals surface area contributed by atoms with Crippen molar-refractivity contribution < 1.29 is 9.59 Å². The number of aromatic nitrogens is 2. The summed E-state index contributed by atoms with van der Waals surface area (Å²) in [4.78, 5) is 35.0. The summed E-state index contributed by atoms with van der Waals surface area (Å²) in [6, 6.07) is 8.48. The fourth-order valence-electron chi connectivity index (χ4n) is 5.22. The van der Waals surface area contributed by atoms with E-state index in [4.69, 9.17) is 5.73 Å². The summed E-state index contributed by atoms with van der Waals surface area (Å²) in [5, 5.41) is 9.64. The molecule has 1 aliphatic heterocycles. The number of hydrogen-bond donors (Lipinski definition) is 4. The van der Waals surface area contributed by atoms with Gasteiger partial charge in [0.1, 0.15) is 5.82 Å². The lowest BCUT2D eigenvalue weighted by Gasteiger charge is -2.38. The van der Waals surface area contributed by atoms with Crippen molar-refractivity contribution >= 4 is 29.1 Å². The Balaban J connectivity index is 1.48. The van der Waals surface area contributed by atoms with Gasteiger partial charge in [-0.15, -0.1) is 0 Å². The zero-order valence-corrected chi connectivity index (χ0v) is 21.4. The molecular weight excluding hydrogens is 454 g/mol. The first-order valence-electron chi connectivity index (χ1n) is 12.6. The summed E-state index contributed by atoms with van der Waals surface area (Å²) in [6.45, 7) is 10.1. The molecule has 192 valence electrons. The fraction of sp³-hybridized carbons (Fsp3) is 0.481. The second-order valence-electron chi connectivity index (χ2n) is 10.4. The summed E-state index contributed by atoms with van der Waals surface area (Å²) in [5.41, 5.74) is 7.95. The highest BCUT2D eigenvalue weighted by molar-refractivity contribution is 5.96. The number of amides is 2. The number of carbonyl (C=O) groups excluding carboxylic acids is 2. The van der Waals surface area contributed by atoms with E-state index < -0.39 is 5.91 Å². The molecule has 1 aliphatic carbocycles. The Morgan fingerprint density at radius 1 is 1.17 bits per heavy atom. The molecule has 2 amide bonds. The van der Waals surface area contributed by atoms with Gasteiger partial charge in [0, 0.05) is 17.8 Å². The van der Waals surface area contributed by atoms with Gasteiger partial charge in [0.15, 0.2) is 11.5 Å². The van der Waals surface area contributed by atoms with E-state index in [0.717, 1.165) is 44.5 Å². The van der Waals surface area contributed by atoms with Gasteiger partial charge in [-0.05, 0) is 80.9 Å². The molecule has 0 spiro atoms. The maximum Gasteiger partial charge on any atom is 0.271 e. The van der Waals surface area contributed by atoms with Crippen LogP contribution in [0.25, 0.3) is 0 Å². The average Bonchev–Trinajstić information content (AvgIpc) is 3.20. The van der Waals surface area contributed by atoms with Crippen molar-refractivity contribution in [1.82, 2.24) is 20.2 Å². The molecule has 1 aromatic carbocycles. The second-order valence-corrected chi connectivity index (χ2v) is 10.4. The molecule has 5 N–H and O–H groups in total. The number of anilines is 3. The number of nitrogens with one attached hydrogen (secondary N) is 3. The Hall–Kier alpha value is -3.46. The molecule has 1 aromatic heterocycles. The third kappa shape index (κ3) is 5.67. The van der Waals surface area contributed by atoms with Gasteiger partial charge in [0.25, 0.3) is 5.91 Å². The van der Waals surface area contributed by atoms with Crippen LogP contribution in [0.3, 0.4) is 0 Å². The van der Waals surface area contributed by atoms with Crippen molar-refractivity contribution in [1.29, 1.82) is 0 Å². The molecule has 2 aromatic rings. The lowest BCUT2D eigenvalue weighted by Crippen LogP contribution is -2.39. The Labute approximate surface area is 213 Å². The van der Waals surface area contributed by atoms with Gasteiger partial charge in [-0.1, -0.05) is 32.6 Å². The first-order chi connectivity index (χ1) is 17.2. The van der Waals surface area contributed by atoms with Crippen LogP contribution in [0.2, 0.25) is 0 Å². The molecule has 3 atom stereocenters. The van der Waals surface area contributed by atoms with Crippen LogP contribution >= 0.6 is 0 Å². The van der Waals surface area contributed by atoms with Gasteiger partial charge >= 0.3 is 0 Å². The fourth-order valence-corrected chi connectivity index (χ4v) is 5.22. The predicted octanol–water partition coefficient (Wildman–Crippen LogP) is 3.18. The molecule has 2 aliphatic rings. The molecule has 36 heavy (non-hydrogen) atoms. The van der Waals surface area contributed by atoms with E-state index in [2.05, 4.69) is 70.4 Å². The Morgan fingerprint density at radius 3 is 2.47 bits per heavy atom. The zero-order valence-electron chi connectivity index (χ0n) is 21.4. The molecule has 1 saturated heterocycles. The minimum atomic E-state index is -0.645. The largest absolute Gasteiger partial charge is 0.366 e. The van der Waals surface area contributed by atoms with Crippen LogP contribution < -0.4 is 21.7 Å². The van der Waals surface area contributed by atoms with Gasteiger partial charge in [-0.2, -0.15) is 0 Å². The van der Waals surface area contributed by atoms with Crippen molar-refractivity contribution in [2.75, 3.05) is 30.8 Å². The van der Waals surface area contributed by atoms with Crippen LogP contribution in [0.15, 0.2) is 43.1 Å². The van der Waals surface area contributed by atoms with Gasteiger partial charge in [-0.25, -0.2) is 9.97 Å². The quantitative estimate of drug-likeness (QED) is 0.418. The summed E-state index contributed by atoms with van der Waals surface area (Å²) >= 11 is 0. The second kappa shape index (κ2) is 10.7. The highest BCUT2D eigenvalue weighted by Gasteiger charge is 2.34. The minimum Gasteiger partial charge on any atom is -0.366 e. The van der Waals surface area contributed by atoms with Gasteiger partial charge in [-0.3, -0.25) is 9.59 Å². The number of carbonyl (C=O) groups is 2. The first-order valence-corrected chi connectivity index (χ1v) is 12.6. The number of piperidine rings is 1. The molecular formula is C27H37N7O2. The highest BCUT2D eigenvalue weighted by Crippen LogP contribution is 2.35. The third-order valence-corrected chi connectivity index (χ3v) is 7.85. The van der Waals surface area contributed by atoms with E-state index in [1.54, 1.807) is 0 Å². The minimum absolute atomic E-state index is 0.0633. The number of hydrogen-bond acceptors (Lipinski definition) is 7. The standard InChI is InChI=1S/C27H37N7O2/c1-5-23(35)32-21-11-10-20(17(21)2)31-22-16-29-24(25(28)36)26(33-22)30-19-8-6-18(7-9-19)27(3)12-14-34(4)15-13-27/h5-9,16-17,20-21H,1,10-15H2,2-4H3,(H2,28,36)(H,32,35)(H2,30,31,33)/t17-,20-,21?/m1/s1. The number of benzene rings is 1. The van der Waals surface area contributed by atoms with Crippen LogP contribution in [0.5, 0.6) is 0 Å². The van der Waals surface area contributed by atoms with E-state index >= 15 is 0 Å². The van der Waals surface area contributed by atoms with Crippen LogP contribution in [0.4, 0.5) is 17.3 Å². The smallest absolute Gasteiger partial charge is 0.271 e. The highest BCUT2D eigenvalue weighted by atomic mass is 16.2. The average molecular weight is 492 g/mol. The molecule has 1 saturated carbocycles. The van der Waals surface area contributed by atoms with Crippen LogP contribution in [0, 0.1) is 5.92 Å². The van der Waals surface area contributed by atoms with Crippen molar-refractivity contribution in [2.45, 2.75) is 57.0 Å². The number of likely N-dealkylation sites (tertiary alicyclic amines) is 1. The van der Waals surface area contributed by atoms with Crippen molar-refractivity contribution in [2.24, 2.45) is 11.7 Å². The van der Waals surface area contributed by atoms with Crippen LogP contribution in [-0.2, 0) is 10.2 Å². The predicted molar refractivity (Wildman–Crippen MR) is 142 cm³/mol. The van der Waals surface area contributed by atoms with E-state index in [9.17, 15) is 9.59 Å². The summed E-state index contributed by atoms with van der Waals surface area (Å²) in [5.74, 6) is 0.240. The third-order valence-electron chi connectivity index (χ3n) is 7.85.